The van der Waals surface area contributed by atoms with Crippen LogP contribution in [-0.4, -0.2) is 36.1 Å². The SMILES string of the molecule is CC1CCc2c(C(=O)N3CC(C)OCC3C)csc2C1. The van der Waals surface area contributed by atoms with Gasteiger partial charge in [-0.25, -0.2) is 0 Å². The van der Waals surface area contributed by atoms with Gasteiger partial charge in [0.15, 0.2) is 0 Å². The fraction of sp³-hybridized carbons (Fsp3) is 0.688. The molecule has 1 aliphatic carbocycles. The number of morpholine rings is 1. The minimum atomic E-state index is 0.143. The van der Waals surface area contributed by atoms with Crippen LogP contribution in [0.4, 0.5) is 0 Å². The zero-order valence-corrected chi connectivity index (χ0v) is 13.3. The van der Waals surface area contributed by atoms with Crippen molar-refractivity contribution < 1.29 is 9.53 Å². The molecule has 3 atom stereocenters. The van der Waals surface area contributed by atoms with E-state index < -0.39 is 0 Å². The fourth-order valence-electron chi connectivity index (χ4n) is 3.20. The molecule has 0 saturated carbocycles. The van der Waals surface area contributed by atoms with Gasteiger partial charge in [-0.05, 0) is 44.6 Å². The van der Waals surface area contributed by atoms with Gasteiger partial charge in [-0.1, -0.05) is 6.92 Å². The van der Waals surface area contributed by atoms with Gasteiger partial charge in [-0.15, -0.1) is 11.3 Å². The molecule has 0 aromatic carbocycles. The molecule has 0 spiro atoms. The van der Waals surface area contributed by atoms with Gasteiger partial charge in [-0.3, -0.25) is 4.79 Å². The Bertz CT molecular complexity index is 511. The van der Waals surface area contributed by atoms with E-state index in [1.165, 1.54) is 16.9 Å². The maximum atomic E-state index is 12.8. The Labute approximate surface area is 124 Å². The molecule has 3 unspecified atom stereocenters. The molecule has 3 nitrogen and oxygen atoms in total. The van der Waals surface area contributed by atoms with E-state index in [0.29, 0.717) is 13.2 Å². The molecule has 110 valence electrons. The molecule has 2 aliphatic rings. The number of nitrogens with zero attached hydrogens (tertiary/aromatic N) is 1. The summed E-state index contributed by atoms with van der Waals surface area (Å²) in [6, 6.07) is 0.178. The lowest BCUT2D eigenvalue weighted by molar-refractivity contribution is -0.0387. The average molecular weight is 293 g/mol. The van der Waals surface area contributed by atoms with E-state index in [4.69, 9.17) is 4.74 Å². The molecular formula is C16H23NO2S. The number of rotatable bonds is 1. The number of carbonyl (C=O) groups is 1. The summed E-state index contributed by atoms with van der Waals surface area (Å²) >= 11 is 1.77. The summed E-state index contributed by atoms with van der Waals surface area (Å²) in [5.74, 6) is 0.964. The summed E-state index contributed by atoms with van der Waals surface area (Å²) in [7, 11) is 0. The van der Waals surface area contributed by atoms with Crippen molar-refractivity contribution in [2.45, 2.75) is 52.2 Å². The average Bonchev–Trinajstić information content (AvgIpc) is 2.83. The molecule has 1 aromatic rings. The molecule has 3 rings (SSSR count). The van der Waals surface area contributed by atoms with Gasteiger partial charge in [0.2, 0.25) is 0 Å². The lowest BCUT2D eigenvalue weighted by atomic mass is 9.88. The normalized spacial score (nSPS) is 30.1. The first-order valence-electron chi connectivity index (χ1n) is 7.58. The molecule has 1 amide bonds. The Morgan fingerprint density at radius 2 is 2.20 bits per heavy atom. The second-order valence-electron chi connectivity index (χ2n) is 6.35. The van der Waals surface area contributed by atoms with Crippen LogP contribution in [0.25, 0.3) is 0 Å². The van der Waals surface area contributed by atoms with E-state index in [0.717, 1.165) is 24.3 Å². The van der Waals surface area contributed by atoms with Gasteiger partial charge in [0.25, 0.3) is 5.91 Å². The number of ether oxygens (including phenoxy) is 1. The highest BCUT2D eigenvalue weighted by molar-refractivity contribution is 7.10. The molecule has 20 heavy (non-hydrogen) atoms. The molecule has 1 aromatic heterocycles. The Balaban J connectivity index is 1.84. The van der Waals surface area contributed by atoms with Crippen LogP contribution < -0.4 is 0 Å². The van der Waals surface area contributed by atoms with Crippen LogP contribution in [-0.2, 0) is 17.6 Å². The number of hydrogen-bond donors (Lipinski definition) is 0. The zero-order valence-electron chi connectivity index (χ0n) is 12.5. The Kier molecular flexibility index (Phi) is 3.87. The summed E-state index contributed by atoms with van der Waals surface area (Å²) in [5.41, 5.74) is 2.28. The van der Waals surface area contributed by atoms with E-state index in [1.807, 2.05) is 11.8 Å². The second-order valence-corrected chi connectivity index (χ2v) is 7.31. The topological polar surface area (TPSA) is 29.5 Å². The van der Waals surface area contributed by atoms with Gasteiger partial charge < -0.3 is 9.64 Å². The molecule has 1 aliphatic heterocycles. The largest absolute Gasteiger partial charge is 0.375 e. The standard InChI is InChI=1S/C16H23NO2S/c1-10-4-5-13-14(9-20-15(13)6-10)16(18)17-7-12(3)19-8-11(17)2/h9-12H,4-8H2,1-3H3. The lowest BCUT2D eigenvalue weighted by Gasteiger charge is -2.37. The Morgan fingerprint density at radius 3 is 3.00 bits per heavy atom. The smallest absolute Gasteiger partial charge is 0.255 e. The van der Waals surface area contributed by atoms with Crippen molar-refractivity contribution >= 4 is 17.2 Å². The highest BCUT2D eigenvalue weighted by atomic mass is 32.1. The van der Waals surface area contributed by atoms with Gasteiger partial charge in [0.05, 0.1) is 24.3 Å². The lowest BCUT2D eigenvalue weighted by Crippen LogP contribution is -2.50. The maximum absolute atomic E-state index is 12.8. The highest BCUT2D eigenvalue weighted by Crippen LogP contribution is 2.33. The van der Waals surface area contributed by atoms with Gasteiger partial charge in [0, 0.05) is 16.8 Å². The van der Waals surface area contributed by atoms with Crippen LogP contribution in [0.3, 0.4) is 0 Å². The third-order valence-corrected chi connectivity index (χ3v) is 5.55. The molecule has 4 heteroatoms. The van der Waals surface area contributed by atoms with E-state index in [2.05, 4.69) is 19.2 Å². The van der Waals surface area contributed by atoms with E-state index in [-0.39, 0.29) is 18.1 Å². The predicted octanol–water partition coefficient (Wildman–Crippen LogP) is 3.12. The van der Waals surface area contributed by atoms with Crippen LogP contribution in [0.5, 0.6) is 0 Å². The minimum Gasteiger partial charge on any atom is -0.375 e. The van der Waals surface area contributed by atoms with E-state index in [9.17, 15) is 4.79 Å². The Morgan fingerprint density at radius 1 is 1.40 bits per heavy atom. The first-order valence-corrected chi connectivity index (χ1v) is 8.46. The highest BCUT2D eigenvalue weighted by Gasteiger charge is 2.31. The first-order chi connectivity index (χ1) is 9.56. The van der Waals surface area contributed by atoms with E-state index >= 15 is 0 Å². The third-order valence-electron chi connectivity index (χ3n) is 4.50. The van der Waals surface area contributed by atoms with Gasteiger partial charge in [0.1, 0.15) is 0 Å². The summed E-state index contributed by atoms with van der Waals surface area (Å²) in [4.78, 5) is 16.3. The second kappa shape index (κ2) is 5.49. The maximum Gasteiger partial charge on any atom is 0.255 e. The molecule has 0 bridgehead atoms. The third kappa shape index (κ3) is 2.51. The van der Waals surface area contributed by atoms with Gasteiger partial charge >= 0.3 is 0 Å². The van der Waals surface area contributed by atoms with Crippen molar-refractivity contribution in [3.8, 4) is 0 Å². The zero-order chi connectivity index (χ0) is 14.3. The fourth-order valence-corrected chi connectivity index (χ4v) is 4.44. The molecule has 0 N–H and O–H groups in total. The number of amides is 1. The van der Waals surface area contributed by atoms with E-state index in [1.54, 1.807) is 11.3 Å². The number of hydrogen-bond acceptors (Lipinski definition) is 3. The molecule has 1 fully saturated rings. The van der Waals surface area contributed by atoms with Crippen LogP contribution in [0.15, 0.2) is 5.38 Å². The van der Waals surface area contributed by atoms with Crippen molar-refractivity contribution in [1.82, 2.24) is 4.90 Å². The van der Waals surface area contributed by atoms with Crippen LogP contribution in [0, 0.1) is 5.92 Å². The van der Waals surface area contributed by atoms with Gasteiger partial charge in [-0.2, -0.15) is 0 Å². The predicted molar refractivity (Wildman–Crippen MR) is 81.4 cm³/mol. The monoisotopic (exact) mass is 293 g/mol. The van der Waals surface area contributed by atoms with Crippen LogP contribution >= 0.6 is 11.3 Å². The van der Waals surface area contributed by atoms with Crippen LogP contribution in [0.1, 0.15) is 48.0 Å². The summed E-state index contributed by atoms with van der Waals surface area (Å²) in [6.07, 6.45) is 3.56. The molecule has 0 radical (unpaired) electrons. The number of fused-ring (bicyclic) bond motifs is 1. The van der Waals surface area contributed by atoms with Crippen molar-refractivity contribution in [2.24, 2.45) is 5.92 Å². The van der Waals surface area contributed by atoms with Crippen molar-refractivity contribution in [3.63, 3.8) is 0 Å². The van der Waals surface area contributed by atoms with Crippen molar-refractivity contribution in [3.05, 3.63) is 21.4 Å². The van der Waals surface area contributed by atoms with Crippen molar-refractivity contribution in [1.29, 1.82) is 0 Å². The molecule has 1 saturated heterocycles. The summed E-state index contributed by atoms with van der Waals surface area (Å²) < 4.78 is 5.62. The van der Waals surface area contributed by atoms with Crippen molar-refractivity contribution in [2.75, 3.05) is 13.2 Å². The minimum absolute atomic E-state index is 0.143. The Hall–Kier alpha value is -0.870. The summed E-state index contributed by atoms with van der Waals surface area (Å²) in [5, 5.41) is 2.08. The first kappa shape index (κ1) is 14.1. The number of carbonyl (C=O) groups excluding carboxylic acids is 1. The molecule has 2 heterocycles. The van der Waals surface area contributed by atoms with Crippen LogP contribution in [0.2, 0.25) is 0 Å². The molecular weight excluding hydrogens is 270 g/mol. The summed E-state index contributed by atoms with van der Waals surface area (Å²) in [6.45, 7) is 7.77. The quantitative estimate of drug-likeness (QED) is 0.796. The number of thiophene rings is 1.